The molecule has 34 heavy (non-hydrogen) atoms. The normalized spacial score (nSPS) is 12.5. The lowest BCUT2D eigenvalue weighted by molar-refractivity contribution is 0.0701. The molecule has 1 atom stereocenters. The number of halogens is 3. The second kappa shape index (κ2) is 8.63. The number of imidazole rings is 1. The van der Waals surface area contributed by atoms with Gasteiger partial charge in [0.25, 0.3) is 0 Å². The Hall–Kier alpha value is -3.61. The van der Waals surface area contributed by atoms with Crippen LogP contribution in [0.25, 0.3) is 21.3 Å². The number of nitrogens with zero attached hydrogens (tertiary/aromatic N) is 5. The Bertz CT molecular complexity index is 1580. The Balaban J connectivity index is 1.54. The molecule has 0 aliphatic rings. The number of Topliss-reactive ketones (excluding diaryl/α,β-unsaturated/α-hetero) is 1. The lowest BCUT2D eigenvalue weighted by Crippen LogP contribution is -2.16. The first-order valence-corrected chi connectivity index (χ1v) is 11.5. The van der Waals surface area contributed by atoms with Crippen molar-refractivity contribution >= 4 is 50.0 Å². The van der Waals surface area contributed by atoms with Gasteiger partial charge >= 0.3 is 6.55 Å². The molecule has 10 heteroatoms. The number of hydrogen-bond donors (Lipinski definition) is 0. The van der Waals surface area contributed by atoms with Crippen molar-refractivity contribution in [2.45, 2.75) is 25.9 Å². The maximum absolute atomic E-state index is 13.9. The molecule has 170 valence electrons. The minimum absolute atomic E-state index is 0.173. The Morgan fingerprint density at radius 2 is 1.94 bits per heavy atom. The van der Waals surface area contributed by atoms with Crippen molar-refractivity contribution in [1.29, 1.82) is 5.26 Å². The summed E-state index contributed by atoms with van der Waals surface area (Å²) in [5.41, 5.74) is 2.19. The lowest BCUT2D eigenvalue weighted by Gasteiger charge is -2.11. The molecule has 0 aliphatic carbocycles. The van der Waals surface area contributed by atoms with Crippen LogP contribution in [0.1, 0.15) is 39.2 Å². The molecule has 0 saturated heterocycles. The number of para-hydroxylation sites is 2. The Morgan fingerprint density at radius 3 is 2.65 bits per heavy atom. The Morgan fingerprint density at radius 1 is 1.21 bits per heavy atom. The van der Waals surface area contributed by atoms with Gasteiger partial charge in [0, 0.05) is 10.4 Å². The number of nitriles is 1. The van der Waals surface area contributed by atoms with Crippen molar-refractivity contribution in [3.8, 4) is 6.07 Å². The highest BCUT2D eigenvalue weighted by molar-refractivity contribution is 7.20. The molecule has 0 amide bonds. The van der Waals surface area contributed by atoms with Crippen molar-refractivity contribution in [3.63, 3.8) is 0 Å². The fraction of sp³-hybridized carbons (Fsp3) is 0.167. The first-order chi connectivity index (χ1) is 16.4. The van der Waals surface area contributed by atoms with Crippen LogP contribution in [0.4, 0.5) is 8.78 Å². The molecule has 5 aromatic rings. The van der Waals surface area contributed by atoms with Gasteiger partial charge < -0.3 is 0 Å². The van der Waals surface area contributed by atoms with E-state index in [0.717, 1.165) is 21.5 Å². The van der Waals surface area contributed by atoms with Crippen molar-refractivity contribution in [3.05, 3.63) is 81.6 Å². The van der Waals surface area contributed by atoms with E-state index in [4.69, 9.17) is 11.6 Å². The van der Waals surface area contributed by atoms with Crippen LogP contribution >= 0.6 is 22.9 Å². The van der Waals surface area contributed by atoms with Gasteiger partial charge in [-0.05, 0) is 42.8 Å². The lowest BCUT2D eigenvalue weighted by atomic mass is 10.0. The van der Waals surface area contributed by atoms with E-state index >= 15 is 0 Å². The number of thiophene rings is 1. The van der Waals surface area contributed by atoms with Gasteiger partial charge in [0.15, 0.2) is 11.7 Å². The third kappa shape index (κ3) is 3.75. The van der Waals surface area contributed by atoms with Gasteiger partial charge in [0.1, 0.15) is 10.7 Å². The molecule has 0 saturated carbocycles. The molecule has 0 radical (unpaired) electrons. The number of rotatable bonds is 6. The fourth-order valence-electron chi connectivity index (χ4n) is 3.95. The van der Waals surface area contributed by atoms with Gasteiger partial charge in [-0.1, -0.05) is 35.9 Å². The third-order valence-electron chi connectivity index (χ3n) is 5.56. The van der Waals surface area contributed by atoms with Gasteiger partial charge in [-0.25, -0.2) is 4.98 Å². The maximum Gasteiger partial charge on any atom is 0.320 e. The van der Waals surface area contributed by atoms with Crippen LogP contribution in [0.5, 0.6) is 0 Å². The van der Waals surface area contributed by atoms with Crippen molar-refractivity contribution < 1.29 is 13.6 Å². The van der Waals surface area contributed by atoms with Gasteiger partial charge in [-0.15, -0.1) is 11.3 Å². The van der Waals surface area contributed by atoms with E-state index in [1.807, 2.05) is 25.1 Å². The summed E-state index contributed by atoms with van der Waals surface area (Å²) in [6.45, 7) is -0.637. The van der Waals surface area contributed by atoms with E-state index in [0.29, 0.717) is 26.5 Å². The van der Waals surface area contributed by atoms with Crippen LogP contribution in [-0.4, -0.2) is 25.1 Å². The molecular formula is C24H16ClF2N5OS. The van der Waals surface area contributed by atoms with Crippen LogP contribution in [-0.2, 0) is 6.54 Å². The zero-order valence-electron chi connectivity index (χ0n) is 17.7. The van der Waals surface area contributed by atoms with E-state index in [1.165, 1.54) is 17.4 Å². The number of aryl methyl sites for hydroxylation is 1. The summed E-state index contributed by atoms with van der Waals surface area (Å²) in [6, 6.07) is 17.3. The molecule has 6 nitrogen and oxygen atoms in total. The molecule has 3 aromatic heterocycles. The van der Waals surface area contributed by atoms with Gasteiger partial charge in [-0.2, -0.15) is 19.1 Å². The number of alkyl halides is 2. The minimum atomic E-state index is -2.94. The number of ketones is 1. The van der Waals surface area contributed by atoms with E-state index in [9.17, 15) is 18.8 Å². The van der Waals surface area contributed by atoms with Gasteiger partial charge in [0.2, 0.25) is 0 Å². The quantitative estimate of drug-likeness (QED) is 0.257. The van der Waals surface area contributed by atoms with Gasteiger partial charge in [-0.3, -0.25) is 14.0 Å². The fourth-order valence-corrected chi connectivity index (χ4v) is 5.21. The second-order valence-electron chi connectivity index (χ2n) is 7.73. The van der Waals surface area contributed by atoms with E-state index < -0.39 is 18.3 Å². The maximum atomic E-state index is 13.9. The molecule has 3 heterocycles. The molecule has 1 unspecified atom stereocenters. The van der Waals surface area contributed by atoms with Crippen molar-refractivity contribution in [2.75, 3.05) is 0 Å². The number of benzene rings is 2. The number of fused-ring (bicyclic) bond motifs is 2. The third-order valence-corrected chi connectivity index (χ3v) is 6.98. The van der Waals surface area contributed by atoms with Crippen molar-refractivity contribution in [2.24, 2.45) is 0 Å². The zero-order chi connectivity index (χ0) is 24.0. The summed E-state index contributed by atoms with van der Waals surface area (Å²) in [5.74, 6) is -2.30. The highest BCUT2D eigenvalue weighted by atomic mass is 35.5. The summed E-state index contributed by atoms with van der Waals surface area (Å²) in [6.07, 6.45) is 0. The van der Waals surface area contributed by atoms with Gasteiger partial charge in [0.05, 0.1) is 34.2 Å². The summed E-state index contributed by atoms with van der Waals surface area (Å²) in [5, 5.41) is 15.8. The molecule has 0 bridgehead atoms. The number of carbonyl (C=O) groups excluding carboxylic acids is 1. The topological polar surface area (TPSA) is 76.5 Å². The Kier molecular flexibility index (Phi) is 5.63. The van der Waals surface area contributed by atoms with Crippen molar-refractivity contribution in [1.82, 2.24) is 19.3 Å². The van der Waals surface area contributed by atoms with E-state index in [-0.39, 0.29) is 11.3 Å². The molecule has 5 rings (SSSR count). The summed E-state index contributed by atoms with van der Waals surface area (Å²) >= 11 is 7.15. The first kappa shape index (κ1) is 22.2. The molecule has 0 N–H and O–H groups in total. The molecule has 0 aliphatic heterocycles. The van der Waals surface area contributed by atoms with Crippen LogP contribution in [0.15, 0.2) is 54.6 Å². The molecular weight excluding hydrogens is 480 g/mol. The van der Waals surface area contributed by atoms with Crippen LogP contribution < -0.4 is 0 Å². The average molecular weight is 496 g/mol. The molecule has 2 aromatic carbocycles. The smallest absolute Gasteiger partial charge is 0.291 e. The number of hydrogen-bond acceptors (Lipinski definition) is 5. The molecule has 0 spiro atoms. The van der Waals surface area contributed by atoms with Crippen LogP contribution in [0.2, 0.25) is 5.02 Å². The average Bonchev–Trinajstić information content (AvgIpc) is 3.49. The monoisotopic (exact) mass is 495 g/mol. The summed E-state index contributed by atoms with van der Waals surface area (Å²) in [7, 11) is 0. The first-order valence-electron chi connectivity index (χ1n) is 10.3. The Labute approximate surface area is 201 Å². The highest BCUT2D eigenvalue weighted by Crippen LogP contribution is 2.34. The second-order valence-corrected chi connectivity index (χ2v) is 9.20. The standard InChI is InChI=1S/C24H16ClF2N5OS/c1-13-16-10-20(34-23(16)31(30-13)12-14-6-8-15(25)9-7-14)21(33)17(11-28)22-29-18-4-2-3-5-19(18)32(22)24(26)27/h2-10,17,24H,12H2,1H3. The SMILES string of the molecule is Cc1nn(Cc2ccc(Cl)cc2)c2sc(C(=O)C(C#N)c3nc4ccccc4n3C(F)F)cc12. The summed E-state index contributed by atoms with van der Waals surface area (Å²) < 4.78 is 30.2. The highest BCUT2D eigenvalue weighted by Gasteiger charge is 2.32. The van der Waals surface area contributed by atoms with E-state index in [2.05, 4.69) is 10.1 Å². The predicted octanol–water partition coefficient (Wildman–Crippen LogP) is 6.34. The largest absolute Gasteiger partial charge is 0.320 e. The minimum Gasteiger partial charge on any atom is -0.291 e. The van der Waals surface area contributed by atoms with Crippen LogP contribution in [0, 0.1) is 18.3 Å². The van der Waals surface area contributed by atoms with Crippen LogP contribution in [0.3, 0.4) is 0 Å². The summed E-state index contributed by atoms with van der Waals surface area (Å²) in [4.78, 5) is 18.6. The molecule has 0 fully saturated rings. The number of aromatic nitrogens is 4. The van der Waals surface area contributed by atoms with E-state index in [1.54, 1.807) is 41.1 Å². The predicted molar refractivity (Wildman–Crippen MR) is 127 cm³/mol. The zero-order valence-corrected chi connectivity index (χ0v) is 19.3. The number of carbonyl (C=O) groups is 1.